The summed E-state index contributed by atoms with van der Waals surface area (Å²) in [5.41, 5.74) is 9.50. The Labute approximate surface area is 124 Å². The highest BCUT2D eigenvalue weighted by atomic mass is 32.2. The molecule has 1 aromatic rings. The SMILES string of the molecule is NC(=S)c1cc2c(nc1N1CCSCC1)CCCC2. The Kier molecular flexibility index (Phi) is 3.93. The highest BCUT2D eigenvalue weighted by Gasteiger charge is 2.21. The summed E-state index contributed by atoms with van der Waals surface area (Å²) < 4.78 is 0. The molecule has 0 spiro atoms. The van der Waals surface area contributed by atoms with E-state index in [9.17, 15) is 0 Å². The maximum Gasteiger partial charge on any atom is 0.139 e. The molecule has 1 fully saturated rings. The number of thiocarbonyl (C=S) groups is 1. The quantitative estimate of drug-likeness (QED) is 0.846. The fraction of sp³-hybridized carbons (Fsp3) is 0.571. The van der Waals surface area contributed by atoms with Gasteiger partial charge in [0.1, 0.15) is 10.8 Å². The van der Waals surface area contributed by atoms with Crippen molar-refractivity contribution in [1.29, 1.82) is 0 Å². The van der Waals surface area contributed by atoms with E-state index in [-0.39, 0.29) is 0 Å². The zero-order valence-electron chi connectivity index (χ0n) is 11.0. The van der Waals surface area contributed by atoms with Crippen LogP contribution in [0, 0.1) is 0 Å². The fourth-order valence-corrected chi connectivity index (χ4v) is 3.87. The van der Waals surface area contributed by atoms with Gasteiger partial charge in [-0.3, -0.25) is 0 Å². The molecule has 0 atom stereocenters. The lowest BCUT2D eigenvalue weighted by atomic mass is 9.94. The van der Waals surface area contributed by atoms with Crippen LogP contribution in [0.4, 0.5) is 5.82 Å². The van der Waals surface area contributed by atoms with Gasteiger partial charge in [0, 0.05) is 30.3 Å². The average molecular weight is 293 g/mol. The number of aryl methyl sites for hydroxylation is 2. The van der Waals surface area contributed by atoms with Crippen LogP contribution in [-0.2, 0) is 12.8 Å². The average Bonchev–Trinajstić information content (AvgIpc) is 2.46. The summed E-state index contributed by atoms with van der Waals surface area (Å²) in [6, 6.07) is 2.20. The molecule has 2 N–H and O–H groups in total. The Hall–Kier alpha value is -0.810. The van der Waals surface area contributed by atoms with Crippen LogP contribution in [0.3, 0.4) is 0 Å². The van der Waals surface area contributed by atoms with Crippen molar-refractivity contribution in [1.82, 2.24) is 4.98 Å². The minimum absolute atomic E-state index is 0.481. The third-order valence-electron chi connectivity index (χ3n) is 3.86. The smallest absolute Gasteiger partial charge is 0.139 e. The minimum atomic E-state index is 0.481. The highest BCUT2D eigenvalue weighted by molar-refractivity contribution is 7.99. The Morgan fingerprint density at radius 2 is 2.00 bits per heavy atom. The van der Waals surface area contributed by atoms with Gasteiger partial charge < -0.3 is 10.6 Å². The second kappa shape index (κ2) is 5.67. The Balaban J connectivity index is 2.02. The van der Waals surface area contributed by atoms with Gasteiger partial charge in [0.25, 0.3) is 0 Å². The molecule has 0 amide bonds. The molecule has 2 aliphatic rings. The van der Waals surface area contributed by atoms with Gasteiger partial charge in [0.2, 0.25) is 0 Å². The van der Waals surface area contributed by atoms with Crippen molar-refractivity contribution in [2.24, 2.45) is 5.73 Å². The molecule has 102 valence electrons. The van der Waals surface area contributed by atoms with Crippen LogP contribution in [0.15, 0.2) is 6.07 Å². The van der Waals surface area contributed by atoms with E-state index >= 15 is 0 Å². The molecule has 0 saturated carbocycles. The number of fused-ring (bicyclic) bond motifs is 1. The number of aromatic nitrogens is 1. The van der Waals surface area contributed by atoms with Gasteiger partial charge in [-0.2, -0.15) is 11.8 Å². The number of hydrogen-bond donors (Lipinski definition) is 1. The molecule has 0 bridgehead atoms. The van der Waals surface area contributed by atoms with E-state index < -0.39 is 0 Å². The lowest BCUT2D eigenvalue weighted by molar-refractivity contribution is 0.664. The van der Waals surface area contributed by atoms with Crippen molar-refractivity contribution in [2.45, 2.75) is 25.7 Å². The van der Waals surface area contributed by atoms with Gasteiger partial charge in [-0.25, -0.2) is 4.98 Å². The zero-order chi connectivity index (χ0) is 13.2. The van der Waals surface area contributed by atoms with Gasteiger partial charge in [-0.15, -0.1) is 0 Å². The lowest BCUT2D eigenvalue weighted by Crippen LogP contribution is -2.35. The Morgan fingerprint density at radius 1 is 1.26 bits per heavy atom. The predicted molar refractivity (Wildman–Crippen MR) is 86.3 cm³/mol. The van der Waals surface area contributed by atoms with Crippen LogP contribution in [0.5, 0.6) is 0 Å². The van der Waals surface area contributed by atoms with Crippen molar-refractivity contribution in [3.8, 4) is 0 Å². The molecule has 1 aliphatic heterocycles. The number of thioether (sulfide) groups is 1. The molecule has 2 heterocycles. The number of rotatable bonds is 2. The second-order valence-electron chi connectivity index (χ2n) is 5.14. The van der Waals surface area contributed by atoms with Crippen molar-refractivity contribution < 1.29 is 0 Å². The number of pyridine rings is 1. The summed E-state index contributed by atoms with van der Waals surface area (Å²) in [7, 11) is 0. The molecule has 1 saturated heterocycles. The van der Waals surface area contributed by atoms with E-state index in [1.807, 2.05) is 11.8 Å². The van der Waals surface area contributed by atoms with Crippen molar-refractivity contribution in [3.63, 3.8) is 0 Å². The van der Waals surface area contributed by atoms with E-state index in [1.54, 1.807) is 0 Å². The van der Waals surface area contributed by atoms with Crippen molar-refractivity contribution >= 4 is 34.8 Å². The highest BCUT2D eigenvalue weighted by Crippen LogP contribution is 2.28. The second-order valence-corrected chi connectivity index (χ2v) is 6.80. The van der Waals surface area contributed by atoms with Gasteiger partial charge in [-0.05, 0) is 37.3 Å². The Bertz CT molecular complexity index is 496. The van der Waals surface area contributed by atoms with Crippen LogP contribution >= 0.6 is 24.0 Å². The van der Waals surface area contributed by atoms with Gasteiger partial charge in [-0.1, -0.05) is 12.2 Å². The van der Waals surface area contributed by atoms with Crippen molar-refractivity contribution in [2.75, 3.05) is 29.5 Å². The van der Waals surface area contributed by atoms with Crippen molar-refractivity contribution in [3.05, 3.63) is 22.9 Å². The molecule has 3 rings (SSSR count). The maximum atomic E-state index is 5.91. The van der Waals surface area contributed by atoms with E-state index in [1.165, 1.54) is 24.1 Å². The zero-order valence-corrected chi connectivity index (χ0v) is 12.7. The molecular formula is C14H19N3S2. The van der Waals surface area contributed by atoms with E-state index in [0.29, 0.717) is 4.99 Å². The number of nitrogens with zero attached hydrogens (tertiary/aromatic N) is 2. The summed E-state index contributed by atoms with van der Waals surface area (Å²) in [5, 5.41) is 0. The van der Waals surface area contributed by atoms with Crippen LogP contribution in [0.1, 0.15) is 29.7 Å². The third-order valence-corrected chi connectivity index (χ3v) is 5.02. The Morgan fingerprint density at radius 3 is 2.74 bits per heavy atom. The van der Waals surface area contributed by atoms with Gasteiger partial charge in [0.05, 0.1) is 5.56 Å². The monoisotopic (exact) mass is 293 g/mol. The maximum absolute atomic E-state index is 5.91. The summed E-state index contributed by atoms with van der Waals surface area (Å²) in [4.78, 5) is 7.74. The largest absolute Gasteiger partial charge is 0.389 e. The van der Waals surface area contributed by atoms with Crippen LogP contribution < -0.4 is 10.6 Å². The number of anilines is 1. The topological polar surface area (TPSA) is 42.1 Å². The summed E-state index contributed by atoms with van der Waals surface area (Å²) >= 11 is 7.23. The molecule has 1 aromatic heterocycles. The first-order valence-corrected chi connectivity index (χ1v) is 8.47. The number of nitrogens with two attached hydrogens (primary N) is 1. The molecular weight excluding hydrogens is 274 g/mol. The first-order chi connectivity index (χ1) is 9.25. The predicted octanol–water partition coefficient (Wildman–Crippen LogP) is 2.15. The molecule has 19 heavy (non-hydrogen) atoms. The minimum Gasteiger partial charge on any atom is -0.389 e. The van der Waals surface area contributed by atoms with Crippen LogP contribution in [0.2, 0.25) is 0 Å². The van der Waals surface area contributed by atoms with Gasteiger partial charge >= 0.3 is 0 Å². The fourth-order valence-electron chi connectivity index (χ4n) is 2.82. The third kappa shape index (κ3) is 2.72. The molecule has 0 radical (unpaired) electrons. The van der Waals surface area contributed by atoms with Crippen LogP contribution in [-0.4, -0.2) is 34.6 Å². The molecule has 5 heteroatoms. The standard InChI is InChI=1S/C14H19N3S2/c15-13(18)11-9-10-3-1-2-4-12(10)16-14(11)17-5-7-19-8-6-17/h9H,1-8H2,(H2,15,18). The van der Waals surface area contributed by atoms with E-state index in [0.717, 1.165) is 48.8 Å². The summed E-state index contributed by atoms with van der Waals surface area (Å²) in [6.45, 7) is 2.10. The number of hydrogen-bond acceptors (Lipinski definition) is 4. The van der Waals surface area contributed by atoms with E-state index in [4.69, 9.17) is 22.9 Å². The first-order valence-electron chi connectivity index (χ1n) is 6.91. The summed E-state index contributed by atoms with van der Waals surface area (Å²) in [6.07, 6.45) is 4.73. The first kappa shape index (κ1) is 13.2. The molecule has 1 aliphatic carbocycles. The molecule has 3 nitrogen and oxygen atoms in total. The van der Waals surface area contributed by atoms with Crippen LogP contribution in [0.25, 0.3) is 0 Å². The lowest BCUT2D eigenvalue weighted by Gasteiger charge is -2.30. The summed E-state index contributed by atoms with van der Waals surface area (Å²) in [5.74, 6) is 3.35. The molecule has 0 unspecified atom stereocenters. The van der Waals surface area contributed by atoms with E-state index in [2.05, 4.69) is 11.0 Å². The van der Waals surface area contributed by atoms with Gasteiger partial charge in [0.15, 0.2) is 0 Å². The normalized spacial score (nSPS) is 19.1. The molecule has 0 aromatic carbocycles.